The molecule has 1 aromatic carbocycles. The van der Waals surface area contributed by atoms with Crippen LogP contribution in [-0.2, 0) is 6.54 Å². The molecule has 1 fully saturated rings. The summed E-state index contributed by atoms with van der Waals surface area (Å²) in [7, 11) is 0. The quantitative estimate of drug-likeness (QED) is 0.856. The summed E-state index contributed by atoms with van der Waals surface area (Å²) in [6.45, 7) is 1.71. The van der Waals surface area contributed by atoms with Crippen LogP contribution in [0.1, 0.15) is 30.3 Å². The van der Waals surface area contributed by atoms with Crippen molar-refractivity contribution in [3.05, 3.63) is 58.3 Å². The maximum absolute atomic E-state index is 13.6. The number of hydrogen-bond donors (Lipinski definition) is 0. The highest BCUT2D eigenvalue weighted by molar-refractivity contribution is 9.10. The summed E-state index contributed by atoms with van der Waals surface area (Å²) in [6.07, 6.45) is 5.67. The number of nitrogens with zero attached hydrogens (tertiary/aromatic N) is 3. The van der Waals surface area contributed by atoms with Crippen LogP contribution in [-0.4, -0.2) is 21.4 Å². The molecule has 0 saturated carbocycles. The van der Waals surface area contributed by atoms with Gasteiger partial charge in [0.05, 0.1) is 6.54 Å². The van der Waals surface area contributed by atoms with E-state index in [-0.39, 0.29) is 11.9 Å². The average molecular weight is 336 g/mol. The molecule has 2 aromatic rings. The predicted octanol–water partition coefficient (Wildman–Crippen LogP) is 3.72. The lowest BCUT2D eigenvalue weighted by atomic mass is 10.0. The first kappa shape index (κ1) is 13.6. The average Bonchev–Trinajstić information content (AvgIpc) is 2.87. The van der Waals surface area contributed by atoms with Gasteiger partial charge < -0.3 is 0 Å². The molecule has 1 aliphatic rings. The van der Waals surface area contributed by atoms with Crippen LogP contribution in [0.25, 0.3) is 0 Å². The van der Waals surface area contributed by atoms with Gasteiger partial charge in [0.25, 0.3) is 0 Å². The van der Waals surface area contributed by atoms with Crippen molar-refractivity contribution in [2.75, 3.05) is 6.54 Å². The first-order valence-corrected chi connectivity index (χ1v) is 7.47. The van der Waals surface area contributed by atoms with E-state index in [1.54, 1.807) is 18.5 Å². The van der Waals surface area contributed by atoms with Gasteiger partial charge in [-0.2, -0.15) is 0 Å². The van der Waals surface area contributed by atoms with Crippen molar-refractivity contribution in [2.24, 2.45) is 0 Å². The summed E-state index contributed by atoms with van der Waals surface area (Å²) < 4.78 is 14.3. The molecule has 0 spiro atoms. The summed E-state index contributed by atoms with van der Waals surface area (Å²) in [5, 5.41) is 0. The summed E-state index contributed by atoms with van der Waals surface area (Å²) in [4.78, 5) is 10.9. The Morgan fingerprint density at radius 2 is 2.05 bits per heavy atom. The fourth-order valence-electron chi connectivity index (χ4n) is 2.75. The van der Waals surface area contributed by atoms with Crippen molar-refractivity contribution in [3.8, 4) is 0 Å². The van der Waals surface area contributed by atoms with Crippen LogP contribution in [0.2, 0.25) is 0 Å². The van der Waals surface area contributed by atoms with Gasteiger partial charge in [-0.25, -0.2) is 14.4 Å². The first-order chi connectivity index (χ1) is 9.72. The summed E-state index contributed by atoms with van der Waals surface area (Å²) in [5.74, 6) is 0.618. The van der Waals surface area contributed by atoms with Crippen molar-refractivity contribution in [3.63, 3.8) is 0 Å². The SMILES string of the molecule is Fc1cc(Br)cc([C@H]2CCCN2Cc2ncccn2)c1. The Morgan fingerprint density at radius 1 is 1.25 bits per heavy atom. The zero-order valence-electron chi connectivity index (χ0n) is 11.0. The minimum absolute atomic E-state index is 0.197. The van der Waals surface area contributed by atoms with Gasteiger partial charge in [0.2, 0.25) is 0 Å². The van der Waals surface area contributed by atoms with Crippen molar-refractivity contribution in [1.82, 2.24) is 14.9 Å². The molecule has 1 aromatic heterocycles. The highest BCUT2D eigenvalue weighted by atomic mass is 79.9. The molecule has 0 unspecified atom stereocenters. The van der Waals surface area contributed by atoms with Crippen LogP contribution in [0.5, 0.6) is 0 Å². The fourth-order valence-corrected chi connectivity index (χ4v) is 3.24. The molecule has 20 heavy (non-hydrogen) atoms. The van der Waals surface area contributed by atoms with E-state index in [1.165, 1.54) is 6.07 Å². The van der Waals surface area contributed by atoms with E-state index in [4.69, 9.17) is 0 Å². The van der Waals surface area contributed by atoms with E-state index in [1.807, 2.05) is 12.1 Å². The highest BCUT2D eigenvalue weighted by Gasteiger charge is 2.27. The zero-order chi connectivity index (χ0) is 13.9. The van der Waals surface area contributed by atoms with E-state index in [0.717, 1.165) is 35.2 Å². The van der Waals surface area contributed by atoms with Gasteiger partial charge in [0.1, 0.15) is 11.6 Å². The Morgan fingerprint density at radius 3 is 2.80 bits per heavy atom. The van der Waals surface area contributed by atoms with Gasteiger partial charge in [-0.15, -0.1) is 0 Å². The summed E-state index contributed by atoms with van der Waals surface area (Å²) >= 11 is 3.36. The third kappa shape index (κ3) is 3.04. The molecule has 2 heterocycles. The molecule has 0 aliphatic carbocycles. The van der Waals surface area contributed by atoms with E-state index >= 15 is 0 Å². The van der Waals surface area contributed by atoms with Crippen LogP contribution < -0.4 is 0 Å². The Kier molecular flexibility index (Phi) is 4.08. The Labute approximate surface area is 126 Å². The second-order valence-electron chi connectivity index (χ2n) is 5.00. The number of likely N-dealkylation sites (tertiary alicyclic amines) is 1. The maximum Gasteiger partial charge on any atom is 0.142 e. The normalized spacial score (nSPS) is 19.4. The molecule has 0 bridgehead atoms. The van der Waals surface area contributed by atoms with Crippen molar-refractivity contribution in [1.29, 1.82) is 0 Å². The maximum atomic E-state index is 13.6. The number of aromatic nitrogens is 2. The van der Waals surface area contributed by atoms with Gasteiger partial charge in [0, 0.05) is 22.9 Å². The molecule has 0 N–H and O–H groups in total. The summed E-state index contributed by atoms with van der Waals surface area (Å²) in [6, 6.07) is 7.17. The standard InChI is InChI=1S/C15H15BrFN3/c16-12-7-11(8-13(17)9-12)14-3-1-6-20(14)10-15-18-4-2-5-19-15/h2,4-5,7-9,14H,1,3,6,10H2/t14-/m1/s1. The fraction of sp³-hybridized carbons (Fsp3) is 0.333. The number of rotatable bonds is 3. The van der Waals surface area contributed by atoms with Crippen molar-refractivity contribution < 1.29 is 4.39 Å². The Balaban J connectivity index is 1.81. The first-order valence-electron chi connectivity index (χ1n) is 6.68. The van der Waals surface area contributed by atoms with Gasteiger partial charge in [-0.1, -0.05) is 15.9 Å². The molecule has 0 radical (unpaired) electrons. The molecule has 1 aliphatic heterocycles. The van der Waals surface area contributed by atoms with Gasteiger partial charge in [0.15, 0.2) is 0 Å². The minimum Gasteiger partial charge on any atom is -0.289 e. The second-order valence-corrected chi connectivity index (χ2v) is 5.91. The molecule has 3 nitrogen and oxygen atoms in total. The molecule has 1 atom stereocenters. The van der Waals surface area contributed by atoms with Gasteiger partial charge in [-0.3, -0.25) is 4.90 Å². The lowest BCUT2D eigenvalue weighted by Gasteiger charge is -2.24. The Bertz CT molecular complexity index is 571. The second kappa shape index (κ2) is 5.97. The topological polar surface area (TPSA) is 29.0 Å². The number of hydrogen-bond acceptors (Lipinski definition) is 3. The van der Waals surface area contributed by atoms with E-state index < -0.39 is 0 Å². The van der Waals surface area contributed by atoms with Crippen molar-refractivity contribution in [2.45, 2.75) is 25.4 Å². The van der Waals surface area contributed by atoms with Gasteiger partial charge >= 0.3 is 0 Å². The molecule has 3 rings (SSSR count). The smallest absolute Gasteiger partial charge is 0.142 e. The van der Waals surface area contributed by atoms with Gasteiger partial charge in [-0.05, 0) is 49.2 Å². The third-order valence-electron chi connectivity index (χ3n) is 3.60. The highest BCUT2D eigenvalue weighted by Crippen LogP contribution is 2.34. The van der Waals surface area contributed by atoms with Crippen LogP contribution >= 0.6 is 15.9 Å². The lowest BCUT2D eigenvalue weighted by molar-refractivity contribution is 0.242. The van der Waals surface area contributed by atoms with Crippen LogP contribution in [0.4, 0.5) is 4.39 Å². The zero-order valence-corrected chi connectivity index (χ0v) is 12.6. The van der Waals surface area contributed by atoms with Crippen LogP contribution in [0.3, 0.4) is 0 Å². The van der Waals surface area contributed by atoms with Crippen LogP contribution in [0.15, 0.2) is 41.1 Å². The lowest BCUT2D eigenvalue weighted by Crippen LogP contribution is -2.24. The monoisotopic (exact) mass is 335 g/mol. The van der Waals surface area contributed by atoms with E-state index in [9.17, 15) is 4.39 Å². The van der Waals surface area contributed by atoms with E-state index in [0.29, 0.717) is 6.54 Å². The molecular weight excluding hydrogens is 321 g/mol. The third-order valence-corrected chi connectivity index (χ3v) is 4.05. The van der Waals surface area contributed by atoms with Crippen molar-refractivity contribution >= 4 is 15.9 Å². The van der Waals surface area contributed by atoms with E-state index in [2.05, 4.69) is 30.8 Å². The molecule has 104 valence electrons. The Hall–Kier alpha value is -1.33. The molecular formula is C15H15BrFN3. The molecule has 0 amide bonds. The molecule has 1 saturated heterocycles. The largest absolute Gasteiger partial charge is 0.289 e. The predicted molar refractivity (Wildman–Crippen MR) is 78.5 cm³/mol. The number of benzene rings is 1. The summed E-state index contributed by atoms with van der Waals surface area (Å²) in [5.41, 5.74) is 1.02. The van der Waals surface area contributed by atoms with Crippen LogP contribution in [0, 0.1) is 5.82 Å². The minimum atomic E-state index is -0.197. The number of halogens is 2. The molecule has 5 heteroatoms.